The minimum Gasteiger partial charge on any atom is -0.379 e. The number of hydrogen-bond acceptors (Lipinski definition) is 8. The largest absolute Gasteiger partial charge is 0.379 e. The second kappa shape index (κ2) is 7.38. The van der Waals surface area contributed by atoms with Crippen LogP contribution in [0.2, 0.25) is 5.02 Å². The number of carbonyl (C=O) groups excluding carboxylic acids is 1. The number of halogens is 1. The van der Waals surface area contributed by atoms with Crippen LogP contribution in [0.4, 0.5) is 5.82 Å². The number of fused-ring (bicyclic) bond motifs is 1. The normalized spacial score (nSPS) is 27.6. The highest BCUT2D eigenvalue weighted by atomic mass is 35.5. The van der Waals surface area contributed by atoms with Crippen LogP contribution in [0.3, 0.4) is 0 Å². The SMILES string of the molecule is CC1CC2CSC(N)=NC2(c2nc(NC(=O)c3ccc(Cl)cn3)cs2)CO1. The fraction of sp³-hybridized carbons (Fsp3) is 0.412. The molecule has 0 radical (unpaired) electrons. The number of thioether (sulfide) groups is 1. The molecule has 4 heterocycles. The molecule has 1 fully saturated rings. The van der Waals surface area contributed by atoms with Gasteiger partial charge in [-0.05, 0) is 25.5 Å². The number of nitrogens with zero attached hydrogens (tertiary/aromatic N) is 3. The number of thiazole rings is 1. The summed E-state index contributed by atoms with van der Waals surface area (Å²) in [6, 6.07) is 3.19. The Balaban J connectivity index is 1.58. The molecule has 2 aromatic heterocycles. The third kappa shape index (κ3) is 3.69. The monoisotopic (exact) mass is 423 g/mol. The molecule has 10 heteroatoms. The molecule has 7 nitrogen and oxygen atoms in total. The van der Waals surface area contributed by atoms with E-state index >= 15 is 0 Å². The Labute approximate surface area is 169 Å². The van der Waals surface area contributed by atoms with Crippen LogP contribution in [0, 0.1) is 5.92 Å². The van der Waals surface area contributed by atoms with Crippen molar-refractivity contribution in [1.29, 1.82) is 0 Å². The highest BCUT2D eigenvalue weighted by molar-refractivity contribution is 8.13. The predicted octanol–water partition coefficient (Wildman–Crippen LogP) is 3.13. The second-order valence-electron chi connectivity index (χ2n) is 6.59. The summed E-state index contributed by atoms with van der Waals surface area (Å²) < 4.78 is 5.91. The second-order valence-corrected chi connectivity index (χ2v) is 8.93. The summed E-state index contributed by atoms with van der Waals surface area (Å²) in [6.45, 7) is 2.52. The summed E-state index contributed by atoms with van der Waals surface area (Å²) in [7, 11) is 0. The van der Waals surface area contributed by atoms with Crippen molar-refractivity contribution in [2.24, 2.45) is 16.6 Å². The highest BCUT2D eigenvalue weighted by Gasteiger charge is 2.49. The Hall–Kier alpha value is -1.68. The minimum atomic E-state index is -0.575. The lowest BCUT2D eigenvalue weighted by Gasteiger charge is -2.44. The molecular weight excluding hydrogens is 406 g/mol. The highest BCUT2D eigenvalue weighted by Crippen LogP contribution is 2.46. The summed E-state index contributed by atoms with van der Waals surface area (Å²) in [4.78, 5) is 25.8. The summed E-state index contributed by atoms with van der Waals surface area (Å²) in [6.07, 6.45) is 2.53. The van der Waals surface area contributed by atoms with E-state index in [9.17, 15) is 4.79 Å². The fourth-order valence-corrected chi connectivity index (χ4v) is 5.38. The zero-order valence-electron chi connectivity index (χ0n) is 14.5. The number of nitrogens with two attached hydrogens (primary N) is 1. The van der Waals surface area contributed by atoms with Gasteiger partial charge in [0, 0.05) is 23.2 Å². The van der Waals surface area contributed by atoms with Gasteiger partial charge in [-0.15, -0.1) is 11.3 Å². The van der Waals surface area contributed by atoms with E-state index < -0.39 is 5.54 Å². The molecule has 0 spiro atoms. The molecule has 4 rings (SSSR count). The van der Waals surface area contributed by atoms with Gasteiger partial charge in [-0.1, -0.05) is 23.4 Å². The van der Waals surface area contributed by atoms with Crippen molar-refractivity contribution in [1.82, 2.24) is 9.97 Å². The molecule has 1 amide bonds. The summed E-state index contributed by atoms with van der Waals surface area (Å²) in [5.74, 6) is 1.31. The van der Waals surface area contributed by atoms with Gasteiger partial charge in [0.25, 0.3) is 5.91 Å². The smallest absolute Gasteiger partial charge is 0.275 e. The van der Waals surface area contributed by atoms with Crippen molar-refractivity contribution >= 4 is 51.6 Å². The first-order valence-corrected chi connectivity index (χ1v) is 10.7. The molecule has 142 valence electrons. The predicted molar refractivity (Wildman–Crippen MR) is 109 cm³/mol. The van der Waals surface area contributed by atoms with Gasteiger partial charge < -0.3 is 15.8 Å². The molecule has 2 aliphatic rings. The molecule has 3 atom stereocenters. The average Bonchev–Trinajstić information content (AvgIpc) is 3.11. The van der Waals surface area contributed by atoms with Crippen molar-refractivity contribution in [3.63, 3.8) is 0 Å². The van der Waals surface area contributed by atoms with Crippen LogP contribution in [-0.2, 0) is 10.3 Å². The number of amidine groups is 1. The van der Waals surface area contributed by atoms with Gasteiger partial charge >= 0.3 is 0 Å². The van der Waals surface area contributed by atoms with Gasteiger partial charge in [0.2, 0.25) is 0 Å². The Morgan fingerprint density at radius 1 is 1.48 bits per heavy atom. The molecule has 1 saturated heterocycles. The Kier molecular flexibility index (Phi) is 5.11. The number of pyridine rings is 1. The van der Waals surface area contributed by atoms with Crippen LogP contribution in [0.15, 0.2) is 28.7 Å². The fourth-order valence-electron chi connectivity index (χ4n) is 3.30. The maximum absolute atomic E-state index is 12.4. The molecule has 0 aromatic carbocycles. The molecule has 2 aliphatic heterocycles. The summed E-state index contributed by atoms with van der Waals surface area (Å²) in [5.41, 5.74) is 5.72. The van der Waals surface area contributed by atoms with E-state index in [1.165, 1.54) is 17.5 Å². The third-order valence-electron chi connectivity index (χ3n) is 4.70. The van der Waals surface area contributed by atoms with Gasteiger partial charge in [-0.25, -0.2) is 15.0 Å². The van der Waals surface area contributed by atoms with E-state index in [1.54, 1.807) is 29.3 Å². The zero-order valence-corrected chi connectivity index (χ0v) is 16.9. The maximum Gasteiger partial charge on any atom is 0.275 e. The molecular formula is C17H18ClN5O2S2. The third-order valence-corrected chi connectivity index (χ3v) is 6.89. The molecule has 2 aromatic rings. The van der Waals surface area contributed by atoms with E-state index in [-0.39, 0.29) is 17.7 Å². The molecule has 0 bridgehead atoms. The Morgan fingerprint density at radius 2 is 2.33 bits per heavy atom. The van der Waals surface area contributed by atoms with Crippen molar-refractivity contribution in [2.45, 2.75) is 25.0 Å². The van der Waals surface area contributed by atoms with Gasteiger partial charge in [0.1, 0.15) is 22.1 Å². The van der Waals surface area contributed by atoms with Crippen LogP contribution in [0.5, 0.6) is 0 Å². The lowest BCUT2D eigenvalue weighted by molar-refractivity contribution is -0.0466. The van der Waals surface area contributed by atoms with E-state index in [0.717, 1.165) is 17.2 Å². The molecule has 3 N–H and O–H groups in total. The quantitative estimate of drug-likeness (QED) is 0.786. The standard InChI is InChI=1S/C17H18ClN5O2S2/c1-9-4-10-6-27-16(19)23-17(10,8-25-9)15-22-13(7-26-15)21-14(24)12-3-2-11(18)5-20-12/h2-3,5,7,9-10H,4,6,8H2,1H3,(H2,19,23)(H,21,24). The van der Waals surface area contributed by atoms with Gasteiger partial charge in [0.15, 0.2) is 5.17 Å². The van der Waals surface area contributed by atoms with Crippen LogP contribution in [-0.4, -0.2) is 39.5 Å². The van der Waals surface area contributed by atoms with Gasteiger partial charge in [0.05, 0.1) is 17.7 Å². The number of carbonyl (C=O) groups is 1. The number of aromatic nitrogens is 2. The van der Waals surface area contributed by atoms with Crippen molar-refractivity contribution in [3.8, 4) is 0 Å². The zero-order chi connectivity index (χ0) is 19.0. The average molecular weight is 424 g/mol. The number of ether oxygens (including phenoxy) is 1. The minimum absolute atomic E-state index is 0.188. The van der Waals surface area contributed by atoms with Crippen molar-refractivity contribution in [3.05, 3.63) is 39.4 Å². The van der Waals surface area contributed by atoms with E-state index in [4.69, 9.17) is 27.1 Å². The number of amides is 1. The summed E-state index contributed by atoms with van der Waals surface area (Å²) in [5, 5.41) is 6.42. The first-order chi connectivity index (χ1) is 13.0. The number of aliphatic imine (C=N–C) groups is 1. The Bertz CT molecular complexity index is 888. The van der Waals surface area contributed by atoms with Gasteiger partial charge in [-0.3, -0.25) is 4.79 Å². The van der Waals surface area contributed by atoms with Crippen LogP contribution in [0.25, 0.3) is 0 Å². The number of anilines is 1. The van der Waals surface area contributed by atoms with Crippen LogP contribution in [0.1, 0.15) is 28.8 Å². The van der Waals surface area contributed by atoms with Crippen molar-refractivity contribution < 1.29 is 9.53 Å². The van der Waals surface area contributed by atoms with Gasteiger partial charge in [-0.2, -0.15) is 0 Å². The Morgan fingerprint density at radius 3 is 3.11 bits per heavy atom. The van der Waals surface area contributed by atoms with E-state index in [0.29, 0.717) is 28.5 Å². The van der Waals surface area contributed by atoms with Crippen LogP contribution < -0.4 is 11.1 Å². The number of hydrogen-bond donors (Lipinski definition) is 2. The summed E-state index contributed by atoms with van der Waals surface area (Å²) >= 11 is 8.84. The number of nitrogens with one attached hydrogen (secondary N) is 1. The molecule has 27 heavy (non-hydrogen) atoms. The first-order valence-electron chi connectivity index (χ1n) is 8.45. The molecule has 3 unspecified atom stereocenters. The lowest BCUT2D eigenvalue weighted by atomic mass is 9.80. The first kappa shape index (κ1) is 18.7. The number of rotatable bonds is 3. The van der Waals surface area contributed by atoms with E-state index in [2.05, 4.69) is 22.2 Å². The molecule has 0 saturated carbocycles. The lowest BCUT2D eigenvalue weighted by Crippen LogP contribution is -2.49. The van der Waals surface area contributed by atoms with Crippen molar-refractivity contribution in [2.75, 3.05) is 17.7 Å². The van der Waals surface area contributed by atoms with Crippen LogP contribution >= 0.6 is 34.7 Å². The topological polar surface area (TPSA) is 102 Å². The maximum atomic E-state index is 12.4. The van der Waals surface area contributed by atoms with E-state index in [1.807, 2.05) is 0 Å². The molecule has 0 aliphatic carbocycles.